The number of nitrogens with zero attached hydrogens (tertiary/aromatic N) is 1. The van der Waals surface area contributed by atoms with Crippen molar-refractivity contribution in [2.75, 3.05) is 26.8 Å². The Morgan fingerprint density at radius 2 is 2.05 bits per heavy atom. The van der Waals surface area contributed by atoms with Gasteiger partial charge in [-0.3, -0.25) is 0 Å². The Morgan fingerprint density at radius 3 is 2.63 bits per heavy atom. The maximum absolute atomic E-state index is 11.8. The molecule has 6 nitrogen and oxygen atoms in total. The second-order valence-corrected chi connectivity index (χ2v) is 4.83. The molecule has 0 aliphatic carbocycles. The fourth-order valence-electron chi connectivity index (χ4n) is 2.52. The molecule has 1 rings (SSSR count). The molecule has 0 aromatic carbocycles. The van der Waals surface area contributed by atoms with Crippen molar-refractivity contribution in [2.45, 2.75) is 39.2 Å². The number of carbonyl (C=O) groups excluding carboxylic acids is 2. The van der Waals surface area contributed by atoms with Gasteiger partial charge < -0.3 is 19.7 Å². The first-order valence-corrected chi connectivity index (χ1v) is 6.86. The topological polar surface area (TPSA) is 67.9 Å². The third kappa shape index (κ3) is 4.96. The number of rotatable bonds is 4. The zero-order valence-electron chi connectivity index (χ0n) is 12.0. The van der Waals surface area contributed by atoms with Crippen LogP contribution >= 0.6 is 0 Å². The predicted molar refractivity (Wildman–Crippen MR) is 70.9 cm³/mol. The average Bonchev–Trinajstić information content (AvgIpc) is 2.39. The summed E-state index contributed by atoms with van der Waals surface area (Å²) < 4.78 is 9.64. The first kappa shape index (κ1) is 15.6. The van der Waals surface area contributed by atoms with Gasteiger partial charge in [0.15, 0.2) is 0 Å². The Bertz CT molecular complexity index is 309. The van der Waals surface area contributed by atoms with Crippen molar-refractivity contribution < 1.29 is 19.1 Å². The largest absolute Gasteiger partial charge is 0.453 e. The highest BCUT2D eigenvalue weighted by Crippen LogP contribution is 2.22. The number of carbonyl (C=O) groups is 2. The third-order valence-corrected chi connectivity index (χ3v) is 3.27. The lowest BCUT2D eigenvalue weighted by Gasteiger charge is -2.37. The van der Waals surface area contributed by atoms with Gasteiger partial charge in [-0.05, 0) is 25.7 Å². The van der Waals surface area contributed by atoms with Crippen molar-refractivity contribution in [2.24, 2.45) is 5.92 Å². The molecule has 6 heteroatoms. The number of hydrogen-bond donors (Lipinski definition) is 1. The molecule has 1 saturated heterocycles. The Kier molecular flexibility index (Phi) is 6.45. The first-order valence-electron chi connectivity index (χ1n) is 6.86. The second kappa shape index (κ2) is 7.86. The van der Waals surface area contributed by atoms with Gasteiger partial charge in [-0.15, -0.1) is 0 Å². The molecule has 0 saturated carbocycles. The van der Waals surface area contributed by atoms with E-state index in [4.69, 9.17) is 4.74 Å². The lowest BCUT2D eigenvalue weighted by atomic mass is 9.91. The SMILES string of the molecule is CCCC1CC(NC(=O)OC)CN(C(=O)OCC)C1. The van der Waals surface area contributed by atoms with Crippen LogP contribution in [0, 0.1) is 5.92 Å². The van der Waals surface area contributed by atoms with E-state index in [1.54, 1.807) is 11.8 Å². The van der Waals surface area contributed by atoms with Gasteiger partial charge in [0, 0.05) is 13.1 Å². The highest BCUT2D eigenvalue weighted by molar-refractivity contribution is 5.69. The van der Waals surface area contributed by atoms with Crippen LogP contribution in [0.4, 0.5) is 9.59 Å². The molecule has 1 fully saturated rings. The van der Waals surface area contributed by atoms with Crippen LogP contribution < -0.4 is 5.32 Å². The van der Waals surface area contributed by atoms with E-state index in [9.17, 15) is 9.59 Å². The summed E-state index contributed by atoms with van der Waals surface area (Å²) in [4.78, 5) is 24.8. The number of nitrogens with one attached hydrogen (secondary N) is 1. The molecule has 19 heavy (non-hydrogen) atoms. The lowest BCUT2D eigenvalue weighted by molar-refractivity contribution is 0.0755. The summed E-state index contributed by atoms with van der Waals surface area (Å²) >= 11 is 0. The fourth-order valence-corrected chi connectivity index (χ4v) is 2.52. The summed E-state index contributed by atoms with van der Waals surface area (Å²) in [5.41, 5.74) is 0. The zero-order chi connectivity index (χ0) is 14.3. The van der Waals surface area contributed by atoms with Gasteiger partial charge in [0.2, 0.25) is 0 Å². The van der Waals surface area contributed by atoms with Crippen LogP contribution in [0.5, 0.6) is 0 Å². The predicted octanol–water partition coefficient (Wildman–Crippen LogP) is 1.99. The monoisotopic (exact) mass is 272 g/mol. The molecule has 0 spiro atoms. The number of hydrogen-bond acceptors (Lipinski definition) is 4. The number of amides is 2. The highest BCUT2D eigenvalue weighted by Gasteiger charge is 2.31. The Balaban J connectivity index is 2.61. The molecular formula is C13H24N2O4. The maximum Gasteiger partial charge on any atom is 0.409 e. The van der Waals surface area contributed by atoms with Crippen LogP contribution in [0.25, 0.3) is 0 Å². The minimum absolute atomic E-state index is 0.0674. The van der Waals surface area contributed by atoms with Crippen LogP contribution in [0.15, 0.2) is 0 Å². The van der Waals surface area contributed by atoms with Crippen molar-refractivity contribution in [3.63, 3.8) is 0 Å². The Labute approximate surface area is 114 Å². The standard InChI is InChI=1S/C13H24N2O4/c1-4-6-10-7-11(14-12(16)18-3)9-15(8-10)13(17)19-5-2/h10-11H,4-9H2,1-3H3,(H,14,16). The van der Waals surface area contributed by atoms with Crippen molar-refractivity contribution in [3.8, 4) is 0 Å². The van der Waals surface area contributed by atoms with Gasteiger partial charge in [-0.25, -0.2) is 9.59 Å². The molecule has 2 atom stereocenters. The van der Waals surface area contributed by atoms with Gasteiger partial charge in [-0.1, -0.05) is 13.3 Å². The Morgan fingerprint density at radius 1 is 1.32 bits per heavy atom. The molecule has 110 valence electrons. The fraction of sp³-hybridized carbons (Fsp3) is 0.846. The van der Waals surface area contributed by atoms with Crippen LogP contribution in [0.3, 0.4) is 0 Å². The smallest absolute Gasteiger partial charge is 0.409 e. The summed E-state index contributed by atoms with van der Waals surface area (Å²) in [7, 11) is 1.34. The summed E-state index contributed by atoms with van der Waals surface area (Å²) in [5.74, 6) is 0.394. The molecule has 2 unspecified atom stereocenters. The van der Waals surface area contributed by atoms with Crippen LogP contribution in [-0.2, 0) is 9.47 Å². The molecule has 0 bridgehead atoms. The number of methoxy groups -OCH3 is 1. The normalized spacial score (nSPS) is 22.8. The molecule has 2 amide bonds. The lowest BCUT2D eigenvalue weighted by Crippen LogP contribution is -2.52. The molecule has 0 aromatic rings. The van der Waals surface area contributed by atoms with Crippen molar-refractivity contribution >= 4 is 12.2 Å². The molecule has 1 N–H and O–H groups in total. The van der Waals surface area contributed by atoms with Crippen LogP contribution in [0.1, 0.15) is 33.1 Å². The third-order valence-electron chi connectivity index (χ3n) is 3.27. The van der Waals surface area contributed by atoms with Crippen molar-refractivity contribution in [1.82, 2.24) is 10.2 Å². The molecule has 1 aliphatic rings. The van der Waals surface area contributed by atoms with Crippen molar-refractivity contribution in [1.29, 1.82) is 0 Å². The van der Waals surface area contributed by atoms with E-state index in [0.717, 1.165) is 19.3 Å². The first-order chi connectivity index (χ1) is 9.10. The average molecular weight is 272 g/mol. The summed E-state index contributed by atoms with van der Waals surface area (Å²) in [5, 5.41) is 2.77. The molecule has 0 radical (unpaired) electrons. The Hall–Kier alpha value is -1.46. The van der Waals surface area contributed by atoms with E-state index < -0.39 is 6.09 Å². The molecular weight excluding hydrogens is 248 g/mol. The van der Waals surface area contributed by atoms with Gasteiger partial charge in [0.1, 0.15) is 0 Å². The number of ether oxygens (including phenoxy) is 2. The van der Waals surface area contributed by atoms with Gasteiger partial charge in [-0.2, -0.15) is 0 Å². The van der Waals surface area contributed by atoms with E-state index in [1.807, 2.05) is 0 Å². The van der Waals surface area contributed by atoms with Crippen LogP contribution in [0.2, 0.25) is 0 Å². The highest BCUT2D eigenvalue weighted by atomic mass is 16.6. The summed E-state index contributed by atoms with van der Waals surface area (Å²) in [6, 6.07) is -0.0674. The van der Waals surface area contributed by atoms with E-state index in [2.05, 4.69) is 17.0 Å². The minimum Gasteiger partial charge on any atom is -0.453 e. The number of alkyl carbamates (subject to hydrolysis) is 1. The number of piperidine rings is 1. The quantitative estimate of drug-likeness (QED) is 0.849. The van der Waals surface area contributed by atoms with Gasteiger partial charge in [0.05, 0.1) is 19.8 Å². The van der Waals surface area contributed by atoms with E-state index >= 15 is 0 Å². The van der Waals surface area contributed by atoms with Gasteiger partial charge >= 0.3 is 12.2 Å². The summed E-state index contributed by atoms with van der Waals surface area (Å²) in [6.45, 7) is 5.45. The molecule has 1 aliphatic heterocycles. The van der Waals surface area contributed by atoms with Crippen molar-refractivity contribution in [3.05, 3.63) is 0 Å². The van der Waals surface area contributed by atoms with Crippen LogP contribution in [-0.4, -0.2) is 49.9 Å². The maximum atomic E-state index is 11.8. The molecule has 1 heterocycles. The summed E-state index contributed by atoms with van der Waals surface area (Å²) in [6.07, 6.45) is 2.21. The van der Waals surface area contributed by atoms with E-state index in [-0.39, 0.29) is 12.1 Å². The number of likely N-dealkylation sites (tertiary alicyclic amines) is 1. The van der Waals surface area contributed by atoms with E-state index in [0.29, 0.717) is 25.6 Å². The second-order valence-electron chi connectivity index (χ2n) is 4.83. The van der Waals surface area contributed by atoms with Gasteiger partial charge in [0.25, 0.3) is 0 Å². The molecule has 0 aromatic heterocycles. The zero-order valence-corrected chi connectivity index (χ0v) is 12.0. The minimum atomic E-state index is -0.453. The van der Waals surface area contributed by atoms with E-state index in [1.165, 1.54) is 7.11 Å².